The molecule has 15 heavy (non-hydrogen) atoms. The molecule has 1 rings (SSSR count). The first-order chi connectivity index (χ1) is 7.09. The van der Waals surface area contributed by atoms with E-state index < -0.39 is 4.92 Å². The molecule has 0 bridgehead atoms. The van der Waals surface area contributed by atoms with Gasteiger partial charge in [0.1, 0.15) is 10.7 Å². The van der Waals surface area contributed by atoms with Crippen LogP contribution in [0.25, 0.3) is 0 Å². The molecule has 0 unspecified atom stereocenters. The molecule has 0 aromatic carbocycles. The van der Waals surface area contributed by atoms with E-state index in [1.54, 1.807) is 6.07 Å². The summed E-state index contributed by atoms with van der Waals surface area (Å²) in [7, 11) is 0. The van der Waals surface area contributed by atoms with Crippen LogP contribution >= 0.6 is 0 Å². The van der Waals surface area contributed by atoms with Crippen molar-refractivity contribution in [1.82, 2.24) is 5.32 Å². The van der Waals surface area contributed by atoms with Crippen molar-refractivity contribution in [3.8, 4) is 0 Å². The van der Waals surface area contributed by atoms with E-state index >= 15 is 0 Å². The van der Waals surface area contributed by atoms with Gasteiger partial charge in [0.15, 0.2) is 0 Å². The zero-order chi connectivity index (χ0) is 11.3. The zero-order valence-electron chi connectivity index (χ0n) is 9.03. The molecule has 1 heterocycles. The summed E-state index contributed by atoms with van der Waals surface area (Å²) in [5.74, 6) is 1.06. The second kappa shape index (κ2) is 5.50. The third-order valence-corrected chi connectivity index (χ3v) is 2.03. The van der Waals surface area contributed by atoms with E-state index in [0.717, 1.165) is 13.0 Å². The monoisotopic (exact) mass is 212 g/mol. The summed E-state index contributed by atoms with van der Waals surface area (Å²) in [4.78, 5) is 9.79. The second-order valence-corrected chi connectivity index (χ2v) is 3.86. The van der Waals surface area contributed by atoms with Crippen molar-refractivity contribution >= 4 is 5.88 Å². The van der Waals surface area contributed by atoms with E-state index in [9.17, 15) is 10.1 Å². The number of furan rings is 1. The predicted octanol–water partition coefficient (Wildman–Crippen LogP) is 2.32. The standard InChI is InChI=1S/C10H16N2O3/c1-8(2)5-6-11-7-9-3-4-10(15-9)12(13)14/h3-4,8,11H,5-7H2,1-2H3. The highest BCUT2D eigenvalue weighted by Crippen LogP contribution is 2.15. The quantitative estimate of drug-likeness (QED) is 0.446. The molecule has 5 heteroatoms. The maximum absolute atomic E-state index is 10.3. The third kappa shape index (κ3) is 4.12. The van der Waals surface area contributed by atoms with E-state index in [0.29, 0.717) is 18.2 Å². The van der Waals surface area contributed by atoms with Crippen LogP contribution in [0.15, 0.2) is 16.5 Å². The van der Waals surface area contributed by atoms with E-state index in [4.69, 9.17) is 4.42 Å². The average molecular weight is 212 g/mol. The number of rotatable bonds is 6. The molecule has 0 amide bonds. The van der Waals surface area contributed by atoms with Crippen molar-refractivity contribution in [3.63, 3.8) is 0 Å². The third-order valence-electron chi connectivity index (χ3n) is 2.03. The smallest absolute Gasteiger partial charge is 0.404 e. The van der Waals surface area contributed by atoms with Gasteiger partial charge in [0.05, 0.1) is 12.6 Å². The van der Waals surface area contributed by atoms with Crippen LogP contribution in [0.5, 0.6) is 0 Å². The van der Waals surface area contributed by atoms with Gasteiger partial charge in [0, 0.05) is 0 Å². The predicted molar refractivity (Wildman–Crippen MR) is 56.5 cm³/mol. The minimum atomic E-state index is -0.530. The molecule has 5 nitrogen and oxygen atoms in total. The average Bonchev–Trinajstić information content (AvgIpc) is 2.60. The van der Waals surface area contributed by atoms with Gasteiger partial charge in [-0.05, 0) is 24.9 Å². The SMILES string of the molecule is CC(C)CCNCc1ccc([N+](=O)[O-])o1. The summed E-state index contributed by atoms with van der Waals surface area (Å²) < 4.78 is 4.99. The van der Waals surface area contributed by atoms with Crippen molar-refractivity contribution in [1.29, 1.82) is 0 Å². The Morgan fingerprint density at radius 1 is 1.53 bits per heavy atom. The van der Waals surface area contributed by atoms with Gasteiger partial charge in [-0.15, -0.1) is 0 Å². The maximum atomic E-state index is 10.3. The first-order valence-electron chi connectivity index (χ1n) is 5.03. The molecule has 84 valence electrons. The van der Waals surface area contributed by atoms with Crippen LogP contribution in [0.1, 0.15) is 26.0 Å². The van der Waals surface area contributed by atoms with Gasteiger partial charge in [-0.2, -0.15) is 0 Å². The lowest BCUT2D eigenvalue weighted by Gasteiger charge is -2.04. The van der Waals surface area contributed by atoms with Gasteiger partial charge >= 0.3 is 5.88 Å². The lowest BCUT2D eigenvalue weighted by atomic mass is 10.1. The Bertz CT molecular complexity index is 320. The summed E-state index contributed by atoms with van der Waals surface area (Å²) in [6.45, 7) is 5.74. The van der Waals surface area contributed by atoms with Gasteiger partial charge in [0.2, 0.25) is 0 Å². The van der Waals surface area contributed by atoms with E-state index in [1.807, 2.05) is 0 Å². The minimum Gasteiger partial charge on any atom is -0.404 e. The molecule has 0 aliphatic rings. The van der Waals surface area contributed by atoms with E-state index in [1.165, 1.54) is 6.07 Å². The molecule has 0 fully saturated rings. The Labute approximate surface area is 88.6 Å². The van der Waals surface area contributed by atoms with Crippen molar-refractivity contribution in [2.75, 3.05) is 6.54 Å². The summed E-state index contributed by atoms with van der Waals surface area (Å²) in [5.41, 5.74) is 0. The lowest BCUT2D eigenvalue weighted by Crippen LogP contribution is -2.15. The van der Waals surface area contributed by atoms with Crippen molar-refractivity contribution in [2.24, 2.45) is 5.92 Å². The molecular weight excluding hydrogens is 196 g/mol. The highest BCUT2D eigenvalue weighted by Gasteiger charge is 2.10. The van der Waals surface area contributed by atoms with Gasteiger partial charge in [-0.25, -0.2) is 0 Å². The van der Waals surface area contributed by atoms with Gasteiger partial charge in [0.25, 0.3) is 0 Å². The number of nitro groups is 1. The molecule has 0 saturated heterocycles. The molecule has 0 atom stereocenters. The van der Waals surface area contributed by atoms with Gasteiger partial charge in [-0.1, -0.05) is 13.8 Å². The van der Waals surface area contributed by atoms with Crippen LogP contribution in [-0.2, 0) is 6.54 Å². The van der Waals surface area contributed by atoms with Crippen LogP contribution in [0.4, 0.5) is 5.88 Å². The molecule has 1 N–H and O–H groups in total. The highest BCUT2D eigenvalue weighted by atomic mass is 16.6. The Morgan fingerprint density at radius 2 is 2.27 bits per heavy atom. The summed E-state index contributed by atoms with van der Waals surface area (Å²) in [6, 6.07) is 3.00. The molecular formula is C10H16N2O3. The van der Waals surface area contributed by atoms with Gasteiger partial charge in [-0.3, -0.25) is 10.1 Å². The van der Waals surface area contributed by atoms with Crippen LogP contribution in [0.2, 0.25) is 0 Å². The van der Waals surface area contributed by atoms with Crippen molar-refractivity contribution in [2.45, 2.75) is 26.8 Å². The van der Waals surface area contributed by atoms with Crippen molar-refractivity contribution < 1.29 is 9.34 Å². The fraction of sp³-hybridized carbons (Fsp3) is 0.600. The van der Waals surface area contributed by atoms with Crippen LogP contribution < -0.4 is 5.32 Å². The molecule has 0 radical (unpaired) electrons. The molecule has 0 aliphatic heterocycles. The van der Waals surface area contributed by atoms with Crippen molar-refractivity contribution in [3.05, 3.63) is 28.0 Å². The highest BCUT2D eigenvalue weighted by molar-refractivity contribution is 5.17. The summed E-state index contributed by atoms with van der Waals surface area (Å²) in [6.07, 6.45) is 1.09. The topological polar surface area (TPSA) is 68.3 Å². The largest absolute Gasteiger partial charge is 0.433 e. The fourth-order valence-electron chi connectivity index (χ4n) is 1.16. The summed E-state index contributed by atoms with van der Waals surface area (Å²) in [5, 5.41) is 13.5. The lowest BCUT2D eigenvalue weighted by molar-refractivity contribution is -0.402. The molecule has 1 aromatic rings. The second-order valence-electron chi connectivity index (χ2n) is 3.86. The normalized spacial score (nSPS) is 10.9. The number of hydrogen-bond donors (Lipinski definition) is 1. The van der Waals surface area contributed by atoms with E-state index in [-0.39, 0.29) is 5.88 Å². The number of nitrogens with zero attached hydrogens (tertiary/aromatic N) is 1. The Morgan fingerprint density at radius 3 is 2.80 bits per heavy atom. The van der Waals surface area contributed by atoms with Gasteiger partial charge < -0.3 is 9.73 Å². The molecule has 1 aromatic heterocycles. The first kappa shape index (κ1) is 11.7. The molecule has 0 saturated carbocycles. The van der Waals surface area contributed by atoms with Crippen LogP contribution in [-0.4, -0.2) is 11.5 Å². The first-order valence-corrected chi connectivity index (χ1v) is 5.03. The Hall–Kier alpha value is -1.36. The Balaban J connectivity index is 2.29. The molecule has 0 aliphatic carbocycles. The van der Waals surface area contributed by atoms with Crippen LogP contribution in [0, 0.1) is 16.0 Å². The molecule has 0 spiro atoms. The minimum absolute atomic E-state index is 0.198. The zero-order valence-corrected chi connectivity index (χ0v) is 9.03. The number of nitrogens with one attached hydrogen (secondary N) is 1. The van der Waals surface area contributed by atoms with Crippen LogP contribution in [0.3, 0.4) is 0 Å². The van der Waals surface area contributed by atoms with E-state index in [2.05, 4.69) is 19.2 Å². The maximum Gasteiger partial charge on any atom is 0.433 e. The number of hydrogen-bond acceptors (Lipinski definition) is 4. The Kier molecular flexibility index (Phi) is 4.30. The fourth-order valence-corrected chi connectivity index (χ4v) is 1.16. The summed E-state index contributed by atoms with van der Waals surface area (Å²) >= 11 is 0.